The number of fused-ring (bicyclic) bond motifs is 1. The normalized spacial score (nSPS) is 29.2. The Morgan fingerprint density at radius 2 is 2.05 bits per heavy atom. The van der Waals surface area contributed by atoms with Gasteiger partial charge in [-0.05, 0) is 0 Å². The van der Waals surface area contributed by atoms with Crippen LogP contribution in [-0.2, 0) is 4.74 Å². The van der Waals surface area contributed by atoms with Crippen LogP contribution in [0.5, 0.6) is 0 Å². The van der Waals surface area contributed by atoms with Gasteiger partial charge in [-0.1, -0.05) is 0 Å². The molecule has 0 aliphatic carbocycles. The van der Waals surface area contributed by atoms with Crippen molar-refractivity contribution in [1.82, 2.24) is 20.2 Å². The summed E-state index contributed by atoms with van der Waals surface area (Å²) in [5.41, 5.74) is 0.350. The van der Waals surface area contributed by atoms with Gasteiger partial charge in [0.25, 0.3) is 5.56 Å². The van der Waals surface area contributed by atoms with Crippen molar-refractivity contribution in [3.8, 4) is 0 Å². The molecule has 1 fully saturated rings. The van der Waals surface area contributed by atoms with Crippen LogP contribution in [0, 0.1) is 0 Å². The van der Waals surface area contributed by atoms with Crippen molar-refractivity contribution in [1.29, 1.82) is 0 Å². The number of rotatable bonds is 1. The smallest absolute Gasteiger partial charge is 0.261 e. The highest BCUT2D eigenvalue weighted by molar-refractivity contribution is 5.71. The van der Waals surface area contributed by atoms with Crippen molar-refractivity contribution in [3.63, 3.8) is 0 Å². The molecule has 0 bridgehead atoms. The van der Waals surface area contributed by atoms with Gasteiger partial charge in [0.15, 0.2) is 11.9 Å². The van der Waals surface area contributed by atoms with Gasteiger partial charge < -0.3 is 30.1 Å². The van der Waals surface area contributed by atoms with Gasteiger partial charge in [-0.3, -0.25) is 9.89 Å². The molecule has 1 aliphatic heterocycles. The van der Waals surface area contributed by atoms with E-state index in [1.54, 1.807) is 0 Å². The van der Waals surface area contributed by atoms with Crippen LogP contribution in [0.1, 0.15) is 0 Å². The van der Waals surface area contributed by atoms with Crippen LogP contribution in [0.3, 0.4) is 0 Å². The molecule has 1 saturated heterocycles. The molecule has 0 aromatic carbocycles. The number of hydrogen-bond donors (Lipinski definition) is 6. The third-order valence-electron chi connectivity index (χ3n) is 2.77. The zero-order valence-corrected chi connectivity index (χ0v) is 10.2. The van der Waals surface area contributed by atoms with E-state index >= 15 is 0 Å². The summed E-state index contributed by atoms with van der Waals surface area (Å²) in [6, 6.07) is 0. The molecule has 3 heterocycles. The molecule has 6 N–H and O–H groups in total. The molecule has 10 heteroatoms. The van der Waals surface area contributed by atoms with Crippen LogP contribution in [0.2, 0.25) is 0 Å². The van der Waals surface area contributed by atoms with E-state index in [9.17, 15) is 4.79 Å². The van der Waals surface area contributed by atoms with Gasteiger partial charge in [-0.25, -0.2) is 4.98 Å². The maximum Gasteiger partial charge on any atom is 0.261 e. The Labute approximate surface area is 111 Å². The van der Waals surface area contributed by atoms with Gasteiger partial charge >= 0.3 is 0 Å². The van der Waals surface area contributed by atoms with Gasteiger partial charge in [-0.15, -0.1) is 0 Å². The second kappa shape index (κ2) is 6.07. The van der Waals surface area contributed by atoms with Crippen molar-refractivity contribution < 1.29 is 25.2 Å². The van der Waals surface area contributed by atoms with Crippen LogP contribution in [0.15, 0.2) is 17.3 Å². The van der Waals surface area contributed by atoms with Crippen LogP contribution < -0.4 is 5.56 Å². The van der Waals surface area contributed by atoms with Crippen LogP contribution in [0.25, 0.3) is 11.0 Å². The highest BCUT2D eigenvalue weighted by Crippen LogP contribution is 2.18. The maximum absolute atomic E-state index is 10.9. The van der Waals surface area contributed by atoms with Crippen LogP contribution in [-0.4, -0.2) is 71.8 Å². The Hall–Kier alpha value is -1.85. The predicted octanol–water partition coefficient (Wildman–Crippen LogP) is -2.94. The Bertz CT molecular complexity index is 613. The third-order valence-corrected chi connectivity index (χ3v) is 2.77. The molecule has 4 atom stereocenters. The quantitative estimate of drug-likeness (QED) is 0.324. The molecule has 0 radical (unpaired) electrons. The number of nitrogens with zero attached hydrogens (tertiary/aromatic N) is 2. The zero-order chi connectivity index (χ0) is 14.7. The SMILES string of the molecule is O=c1[nH]cnc2[nH]ncc12.OC[C@H]1OC(O)[C@H](O)[C@@H]1O. The minimum Gasteiger partial charge on any atom is -0.394 e. The van der Waals surface area contributed by atoms with E-state index in [-0.39, 0.29) is 5.56 Å². The number of aromatic nitrogens is 4. The van der Waals surface area contributed by atoms with Gasteiger partial charge in [0.05, 0.1) is 19.1 Å². The highest BCUT2D eigenvalue weighted by Gasteiger charge is 2.41. The van der Waals surface area contributed by atoms with Gasteiger partial charge in [0.1, 0.15) is 23.7 Å². The molecule has 0 spiro atoms. The summed E-state index contributed by atoms with van der Waals surface area (Å²) in [6.07, 6.45) is -1.97. The topological polar surface area (TPSA) is 165 Å². The Morgan fingerprint density at radius 1 is 1.30 bits per heavy atom. The van der Waals surface area contributed by atoms with Crippen molar-refractivity contribution in [2.75, 3.05) is 6.61 Å². The van der Waals surface area contributed by atoms with Gasteiger partial charge in [-0.2, -0.15) is 5.10 Å². The molecule has 110 valence electrons. The lowest BCUT2D eigenvalue weighted by molar-refractivity contribution is -0.132. The monoisotopic (exact) mass is 286 g/mol. The van der Waals surface area contributed by atoms with E-state index in [4.69, 9.17) is 20.4 Å². The average Bonchev–Trinajstić information content (AvgIpc) is 3.01. The third kappa shape index (κ3) is 2.84. The summed E-state index contributed by atoms with van der Waals surface area (Å²) in [6.45, 7) is -0.407. The molecule has 3 rings (SSSR count). The number of nitrogens with one attached hydrogen (secondary N) is 2. The van der Waals surface area contributed by atoms with E-state index < -0.39 is 31.2 Å². The van der Waals surface area contributed by atoms with Crippen molar-refractivity contribution >= 4 is 11.0 Å². The number of aliphatic hydroxyl groups is 4. The summed E-state index contributed by atoms with van der Waals surface area (Å²) in [4.78, 5) is 17.1. The Morgan fingerprint density at radius 3 is 2.55 bits per heavy atom. The molecule has 1 unspecified atom stereocenters. The van der Waals surface area contributed by atoms with Crippen molar-refractivity contribution in [2.24, 2.45) is 0 Å². The first-order chi connectivity index (χ1) is 9.54. The van der Waals surface area contributed by atoms with E-state index in [1.807, 2.05) is 0 Å². The number of aliphatic hydroxyl groups excluding tert-OH is 4. The first-order valence-corrected chi connectivity index (χ1v) is 5.72. The minimum absolute atomic E-state index is 0.168. The predicted molar refractivity (Wildman–Crippen MR) is 64.5 cm³/mol. The van der Waals surface area contributed by atoms with Crippen molar-refractivity contribution in [3.05, 3.63) is 22.9 Å². The number of aromatic amines is 2. The second-order valence-corrected chi connectivity index (χ2v) is 4.09. The summed E-state index contributed by atoms with van der Waals surface area (Å²) in [5, 5.41) is 41.7. The number of hydrogen-bond acceptors (Lipinski definition) is 8. The largest absolute Gasteiger partial charge is 0.394 e. The fourth-order valence-electron chi connectivity index (χ4n) is 1.66. The summed E-state index contributed by atoms with van der Waals surface area (Å²) < 4.78 is 4.54. The lowest BCUT2D eigenvalue weighted by Gasteiger charge is -2.09. The molecule has 2 aromatic rings. The summed E-state index contributed by atoms with van der Waals surface area (Å²) in [7, 11) is 0. The van der Waals surface area contributed by atoms with E-state index in [1.165, 1.54) is 12.5 Å². The lowest BCUT2D eigenvalue weighted by atomic mass is 10.1. The molecule has 0 amide bonds. The molecule has 2 aromatic heterocycles. The summed E-state index contributed by atoms with van der Waals surface area (Å²) in [5.74, 6) is 0. The molecular formula is C10H14N4O6. The first-order valence-electron chi connectivity index (χ1n) is 5.72. The average molecular weight is 286 g/mol. The van der Waals surface area contributed by atoms with Crippen LogP contribution in [0.4, 0.5) is 0 Å². The molecule has 0 saturated carbocycles. The van der Waals surface area contributed by atoms with Gasteiger partial charge in [0, 0.05) is 0 Å². The fraction of sp³-hybridized carbons (Fsp3) is 0.500. The fourth-order valence-corrected chi connectivity index (χ4v) is 1.66. The zero-order valence-electron chi connectivity index (χ0n) is 10.2. The number of ether oxygens (including phenoxy) is 1. The lowest BCUT2D eigenvalue weighted by Crippen LogP contribution is -2.33. The molecule has 10 nitrogen and oxygen atoms in total. The highest BCUT2D eigenvalue weighted by atomic mass is 16.6. The van der Waals surface area contributed by atoms with Crippen LogP contribution >= 0.6 is 0 Å². The first kappa shape index (κ1) is 14.6. The standard InChI is InChI=1S/C5H4N4O.C5H10O5/c10-5-3-1-8-9-4(3)6-2-7-5;6-1-2-3(7)4(8)5(9)10-2/h1-2H,(H2,6,7,8,9,10);2-9H,1H2/t;2-,3-,4-,5?/m.1/s1. The Balaban J connectivity index is 0.000000147. The number of H-pyrrole nitrogens is 2. The minimum atomic E-state index is -1.38. The molecule has 1 aliphatic rings. The Kier molecular flexibility index (Phi) is 4.42. The maximum atomic E-state index is 10.9. The molecular weight excluding hydrogens is 272 g/mol. The second-order valence-electron chi connectivity index (χ2n) is 4.09. The van der Waals surface area contributed by atoms with E-state index in [0.29, 0.717) is 11.0 Å². The van der Waals surface area contributed by atoms with Crippen molar-refractivity contribution in [2.45, 2.75) is 24.6 Å². The van der Waals surface area contributed by atoms with E-state index in [2.05, 4.69) is 24.9 Å². The summed E-state index contributed by atoms with van der Waals surface area (Å²) >= 11 is 0. The van der Waals surface area contributed by atoms with E-state index in [0.717, 1.165) is 0 Å². The van der Waals surface area contributed by atoms with Gasteiger partial charge in [0.2, 0.25) is 0 Å². The molecule has 20 heavy (non-hydrogen) atoms.